The average molecular weight is 300 g/mol. The highest BCUT2D eigenvalue weighted by atomic mass is 32.2. The Morgan fingerprint density at radius 1 is 1.30 bits per heavy atom. The molecule has 0 spiro atoms. The molecule has 0 saturated heterocycles. The minimum absolute atomic E-state index is 0.00114. The first-order valence-corrected chi connectivity index (χ1v) is 8.77. The molecule has 1 aromatic rings. The first-order valence-electron chi connectivity index (χ1n) is 6.95. The summed E-state index contributed by atoms with van der Waals surface area (Å²) in [7, 11) is -1.37. The Hall–Kier alpha value is -1.07. The normalized spacial score (nSPS) is 13.2. The lowest BCUT2D eigenvalue weighted by Crippen LogP contribution is -2.18. The van der Waals surface area contributed by atoms with Crippen LogP contribution in [0.3, 0.4) is 0 Å². The molecule has 0 radical (unpaired) electrons. The van der Waals surface area contributed by atoms with Crippen LogP contribution >= 0.6 is 0 Å². The quantitative estimate of drug-likeness (QED) is 0.758. The van der Waals surface area contributed by atoms with Gasteiger partial charge in [0.05, 0.1) is 12.9 Å². The summed E-state index contributed by atoms with van der Waals surface area (Å²) in [5.41, 5.74) is 1.05. The van der Waals surface area contributed by atoms with Crippen LogP contribution in [0.25, 0.3) is 0 Å². The van der Waals surface area contributed by atoms with Gasteiger partial charge in [0.2, 0.25) is 0 Å². The zero-order valence-corrected chi connectivity index (χ0v) is 13.0. The Kier molecular flexibility index (Phi) is 7.02. The molecule has 0 aromatic heterocycles. The van der Waals surface area contributed by atoms with Crippen molar-refractivity contribution in [2.24, 2.45) is 5.92 Å². The van der Waals surface area contributed by atoms with Gasteiger partial charge in [0.15, 0.2) is 0 Å². The maximum Gasteiger partial charge on any atom is 0.150 e. The number of ether oxygens (including phenoxy) is 1. The maximum atomic E-state index is 11.7. The smallest absolute Gasteiger partial charge is 0.150 e. The zero-order valence-electron chi connectivity index (χ0n) is 12.2. The monoisotopic (exact) mass is 300 g/mol. The number of sulfone groups is 1. The van der Waals surface area contributed by atoms with Crippen LogP contribution in [-0.4, -0.2) is 38.7 Å². The minimum atomic E-state index is -2.98. The van der Waals surface area contributed by atoms with E-state index in [1.165, 1.54) is 0 Å². The summed E-state index contributed by atoms with van der Waals surface area (Å²) in [4.78, 5) is 0. The summed E-state index contributed by atoms with van der Waals surface area (Å²) in [5, 5.41) is 9.41. The SMILES string of the molecule is CCCS(=O)(=O)CCC(CO)Cc1cccc(OC)c1. The van der Waals surface area contributed by atoms with Crippen LogP contribution in [0.5, 0.6) is 5.75 Å². The molecule has 20 heavy (non-hydrogen) atoms. The highest BCUT2D eigenvalue weighted by Crippen LogP contribution is 2.18. The maximum absolute atomic E-state index is 11.7. The molecule has 1 rings (SSSR count). The largest absolute Gasteiger partial charge is 0.497 e. The van der Waals surface area contributed by atoms with E-state index < -0.39 is 9.84 Å². The Bertz CT molecular complexity index is 496. The molecule has 4 nitrogen and oxygen atoms in total. The third-order valence-corrected chi connectivity index (χ3v) is 5.16. The molecule has 0 fully saturated rings. The first kappa shape index (κ1) is 17.0. The van der Waals surface area contributed by atoms with Crippen LogP contribution in [0.4, 0.5) is 0 Å². The second kappa shape index (κ2) is 8.27. The first-order chi connectivity index (χ1) is 9.50. The third kappa shape index (κ3) is 5.92. The molecule has 1 atom stereocenters. The molecule has 114 valence electrons. The third-order valence-electron chi connectivity index (χ3n) is 3.27. The lowest BCUT2D eigenvalue weighted by atomic mass is 9.97. The van der Waals surface area contributed by atoms with Crippen molar-refractivity contribution in [2.45, 2.75) is 26.2 Å². The van der Waals surface area contributed by atoms with Gasteiger partial charge in [-0.2, -0.15) is 0 Å². The van der Waals surface area contributed by atoms with E-state index in [0.29, 0.717) is 19.3 Å². The van der Waals surface area contributed by atoms with E-state index in [2.05, 4.69) is 0 Å². The topological polar surface area (TPSA) is 63.6 Å². The van der Waals surface area contributed by atoms with Gasteiger partial charge in [-0.1, -0.05) is 19.1 Å². The number of benzene rings is 1. The number of aliphatic hydroxyl groups is 1. The van der Waals surface area contributed by atoms with Crippen LogP contribution in [0.2, 0.25) is 0 Å². The molecular formula is C15H24O4S. The molecular weight excluding hydrogens is 276 g/mol. The van der Waals surface area contributed by atoms with Crippen molar-refractivity contribution in [3.8, 4) is 5.75 Å². The molecule has 1 N–H and O–H groups in total. The van der Waals surface area contributed by atoms with Gasteiger partial charge in [0.1, 0.15) is 15.6 Å². The van der Waals surface area contributed by atoms with Crippen LogP contribution in [0.1, 0.15) is 25.3 Å². The standard InChI is InChI=1S/C15H24O4S/c1-3-8-20(17,18)9-7-14(12-16)10-13-5-4-6-15(11-13)19-2/h4-6,11,14,16H,3,7-10,12H2,1-2H3. The highest BCUT2D eigenvalue weighted by Gasteiger charge is 2.15. The number of hydrogen-bond acceptors (Lipinski definition) is 4. The van der Waals surface area contributed by atoms with Gasteiger partial charge in [-0.25, -0.2) is 8.42 Å². The van der Waals surface area contributed by atoms with Crippen molar-refractivity contribution in [3.63, 3.8) is 0 Å². The summed E-state index contributed by atoms with van der Waals surface area (Å²) in [5.74, 6) is 1.12. The predicted octanol–water partition coefficient (Wildman–Crippen LogP) is 2.06. The van der Waals surface area contributed by atoms with Crippen molar-refractivity contribution in [3.05, 3.63) is 29.8 Å². The summed E-state index contributed by atoms with van der Waals surface area (Å²) >= 11 is 0. The van der Waals surface area contributed by atoms with Crippen LogP contribution < -0.4 is 4.74 Å². The number of aliphatic hydroxyl groups excluding tert-OH is 1. The Morgan fingerprint density at radius 2 is 2.05 bits per heavy atom. The number of rotatable bonds is 9. The van der Waals surface area contributed by atoms with Crippen molar-refractivity contribution >= 4 is 9.84 Å². The molecule has 1 aromatic carbocycles. The van der Waals surface area contributed by atoms with E-state index in [1.807, 2.05) is 31.2 Å². The molecule has 0 aliphatic heterocycles. The van der Waals surface area contributed by atoms with E-state index in [9.17, 15) is 13.5 Å². The molecule has 0 heterocycles. The van der Waals surface area contributed by atoms with E-state index in [-0.39, 0.29) is 24.0 Å². The fraction of sp³-hybridized carbons (Fsp3) is 0.600. The molecule has 0 aliphatic carbocycles. The van der Waals surface area contributed by atoms with Gasteiger partial charge in [0.25, 0.3) is 0 Å². The van der Waals surface area contributed by atoms with Crippen LogP contribution in [-0.2, 0) is 16.3 Å². The Morgan fingerprint density at radius 3 is 2.65 bits per heavy atom. The molecule has 0 saturated carbocycles. The molecule has 0 bridgehead atoms. The second-order valence-electron chi connectivity index (χ2n) is 5.04. The van der Waals surface area contributed by atoms with Crippen molar-refractivity contribution in [1.82, 2.24) is 0 Å². The van der Waals surface area contributed by atoms with E-state index in [1.54, 1.807) is 7.11 Å². The van der Waals surface area contributed by atoms with Gasteiger partial charge in [-0.15, -0.1) is 0 Å². The fourth-order valence-electron chi connectivity index (χ4n) is 2.15. The minimum Gasteiger partial charge on any atom is -0.497 e. The van der Waals surface area contributed by atoms with Gasteiger partial charge < -0.3 is 9.84 Å². The lowest BCUT2D eigenvalue weighted by molar-refractivity contribution is 0.222. The summed E-state index contributed by atoms with van der Waals surface area (Å²) in [6.07, 6.45) is 1.80. The van der Waals surface area contributed by atoms with Crippen molar-refractivity contribution in [1.29, 1.82) is 0 Å². The second-order valence-corrected chi connectivity index (χ2v) is 7.35. The number of hydrogen-bond donors (Lipinski definition) is 1. The lowest BCUT2D eigenvalue weighted by Gasteiger charge is -2.14. The molecule has 5 heteroatoms. The molecule has 0 amide bonds. The van der Waals surface area contributed by atoms with E-state index >= 15 is 0 Å². The summed E-state index contributed by atoms with van der Waals surface area (Å²) < 4.78 is 28.6. The highest BCUT2D eigenvalue weighted by molar-refractivity contribution is 7.91. The summed E-state index contributed by atoms with van der Waals surface area (Å²) in [6.45, 7) is 1.86. The van der Waals surface area contributed by atoms with E-state index in [4.69, 9.17) is 4.74 Å². The average Bonchev–Trinajstić information content (AvgIpc) is 2.43. The number of methoxy groups -OCH3 is 1. The molecule has 0 aliphatic rings. The fourth-order valence-corrected chi connectivity index (χ4v) is 3.67. The predicted molar refractivity (Wildman–Crippen MR) is 80.8 cm³/mol. The molecule has 1 unspecified atom stereocenters. The Balaban J connectivity index is 2.58. The van der Waals surface area contributed by atoms with Crippen LogP contribution in [0.15, 0.2) is 24.3 Å². The van der Waals surface area contributed by atoms with Gasteiger partial charge in [-0.05, 0) is 42.9 Å². The van der Waals surface area contributed by atoms with Gasteiger partial charge in [0, 0.05) is 12.4 Å². The van der Waals surface area contributed by atoms with Crippen molar-refractivity contribution < 1.29 is 18.3 Å². The zero-order chi connectivity index (χ0) is 15.0. The Labute approximate surface area is 121 Å². The van der Waals surface area contributed by atoms with Gasteiger partial charge in [-0.3, -0.25) is 0 Å². The van der Waals surface area contributed by atoms with Crippen molar-refractivity contribution in [2.75, 3.05) is 25.2 Å². The van der Waals surface area contributed by atoms with E-state index in [0.717, 1.165) is 11.3 Å². The summed E-state index contributed by atoms with van der Waals surface area (Å²) in [6, 6.07) is 7.65. The van der Waals surface area contributed by atoms with Gasteiger partial charge >= 0.3 is 0 Å². The van der Waals surface area contributed by atoms with Crippen LogP contribution in [0, 0.1) is 5.92 Å².